The van der Waals surface area contributed by atoms with E-state index in [4.69, 9.17) is 18.9 Å². The predicted octanol–water partition coefficient (Wildman–Crippen LogP) is 0.678. The van der Waals surface area contributed by atoms with Crippen molar-refractivity contribution in [1.29, 1.82) is 0 Å². The second-order valence-electron chi connectivity index (χ2n) is 4.35. The Labute approximate surface area is 109 Å². The van der Waals surface area contributed by atoms with Crippen molar-refractivity contribution in [3.63, 3.8) is 0 Å². The molecule has 3 rings (SSSR count). The summed E-state index contributed by atoms with van der Waals surface area (Å²) in [5, 5.41) is 9.72. The highest BCUT2D eigenvalue weighted by atomic mass is 16.9. The van der Waals surface area contributed by atoms with E-state index >= 15 is 0 Å². The molecule has 19 heavy (non-hydrogen) atoms. The van der Waals surface area contributed by atoms with Crippen LogP contribution in [0.4, 0.5) is 4.79 Å². The van der Waals surface area contributed by atoms with Gasteiger partial charge in [-0.25, -0.2) is 9.78 Å². The van der Waals surface area contributed by atoms with Gasteiger partial charge in [-0.05, 0) is 12.5 Å². The lowest BCUT2D eigenvalue weighted by molar-refractivity contribution is -0.330. The number of carbonyl (C=O) groups excluding carboxylic acids is 1. The summed E-state index contributed by atoms with van der Waals surface area (Å²) in [6.07, 6.45) is 0.383. The highest BCUT2D eigenvalue weighted by Gasteiger charge is 2.58. The molecule has 2 aliphatic heterocycles. The zero-order valence-electron chi connectivity index (χ0n) is 10.0. The summed E-state index contributed by atoms with van der Waals surface area (Å²) in [5.74, 6) is -1.79. The molecule has 3 heterocycles. The normalized spacial score (nSPS) is 32.9. The smallest absolute Gasteiger partial charge is 0.390 e. The Balaban J connectivity index is 1.66. The van der Waals surface area contributed by atoms with Gasteiger partial charge in [-0.15, -0.1) is 0 Å². The molecular formula is C12H13NO6. The van der Waals surface area contributed by atoms with Crippen LogP contribution in [-0.2, 0) is 14.2 Å². The van der Waals surface area contributed by atoms with Gasteiger partial charge in [-0.3, -0.25) is 0 Å². The first-order valence-corrected chi connectivity index (χ1v) is 5.97. The summed E-state index contributed by atoms with van der Waals surface area (Å²) in [4.78, 5) is 15.5. The molecule has 0 amide bonds. The van der Waals surface area contributed by atoms with Crippen LogP contribution in [0.25, 0.3) is 0 Å². The fourth-order valence-electron chi connectivity index (χ4n) is 2.27. The van der Waals surface area contributed by atoms with Gasteiger partial charge in [0.2, 0.25) is 5.88 Å². The Kier molecular flexibility index (Phi) is 3.09. The lowest BCUT2D eigenvalue weighted by Gasteiger charge is -2.25. The van der Waals surface area contributed by atoms with Gasteiger partial charge in [0, 0.05) is 12.3 Å². The van der Waals surface area contributed by atoms with Gasteiger partial charge >= 0.3 is 12.1 Å². The van der Waals surface area contributed by atoms with Crippen LogP contribution in [0.5, 0.6) is 5.88 Å². The quantitative estimate of drug-likeness (QED) is 0.788. The van der Waals surface area contributed by atoms with E-state index in [2.05, 4.69) is 4.98 Å². The van der Waals surface area contributed by atoms with Crippen molar-refractivity contribution in [2.75, 3.05) is 13.2 Å². The lowest BCUT2D eigenvalue weighted by Crippen LogP contribution is -2.41. The molecule has 0 bridgehead atoms. The average Bonchev–Trinajstić information content (AvgIpc) is 2.92. The average molecular weight is 267 g/mol. The topological polar surface area (TPSA) is 87.1 Å². The van der Waals surface area contributed by atoms with Gasteiger partial charge in [-0.1, -0.05) is 6.07 Å². The van der Waals surface area contributed by atoms with E-state index in [1.54, 1.807) is 12.1 Å². The largest absolute Gasteiger partial charge is 0.519 e. The Hall–Kier alpha value is -1.70. The highest BCUT2D eigenvalue weighted by Crippen LogP contribution is 2.42. The molecule has 0 spiro atoms. The summed E-state index contributed by atoms with van der Waals surface area (Å²) in [5.41, 5.74) is 0. The SMILES string of the molecule is O=C(Oc1ccccn1)OC12OCCC1C(O)CO2. The zero-order valence-corrected chi connectivity index (χ0v) is 10.0. The minimum atomic E-state index is -1.52. The van der Waals surface area contributed by atoms with Crippen molar-refractivity contribution >= 4 is 6.16 Å². The van der Waals surface area contributed by atoms with Gasteiger partial charge in [-0.2, -0.15) is 0 Å². The molecule has 7 nitrogen and oxygen atoms in total. The molecule has 1 aromatic heterocycles. The van der Waals surface area contributed by atoms with E-state index in [0.717, 1.165) is 0 Å². The third-order valence-electron chi connectivity index (χ3n) is 3.16. The summed E-state index contributed by atoms with van der Waals surface area (Å²) >= 11 is 0. The van der Waals surface area contributed by atoms with Crippen molar-refractivity contribution < 1.29 is 28.8 Å². The Morgan fingerprint density at radius 3 is 3.16 bits per heavy atom. The summed E-state index contributed by atoms with van der Waals surface area (Å²) in [6, 6.07) is 4.90. The minimum Gasteiger partial charge on any atom is -0.390 e. The first-order valence-electron chi connectivity index (χ1n) is 5.97. The second kappa shape index (κ2) is 4.76. The molecule has 0 saturated carbocycles. The van der Waals surface area contributed by atoms with Gasteiger partial charge in [0.1, 0.15) is 0 Å². The number of hydrogen-bond acceptors (Lipinski definition) is 7. The monoisotopic (exact) mass is 267 g/mol. The highest BCUT2D eigenvalue weighted by molar-refractivity contribution is 5.63. The van der Waals surface area contributed by atoms with Crippen LogP contribution in [0.15, 0.2) is 24.4 Å². The summed E-state index contributed by atoms with van der Waals surface area (Å²) in [7, 11) is 0. The van der Waals surface area contributed by atoms with Crippen molar-refractivity contribution in [1.82, 2.24) is 4.98 Å². The third kappa shape index (κ3) is 2.27. The van der Waals surface area contributed by atoms with E-state index in [1.807, 2.05) is 0 Å². The number of aliphatic hydroxyl groups is 1. The number of nitrogens with zero attached hydrogens (tertiary/aromatic N) is 1. The van der Waals surface area contributed by atoms with Crippen molar-refractivity contribution in [2.45, 2.75) is 18.5 Å². The van der Waals surface area contributed by atoms with Gasteiger partial charge in [0.15, 0.2) is 0 Å². The maximum Gasteiger partial charge on any atom is 0.519 e. The first kappa shape index (κ1) is 12.3. The molecule has 0 radical (unpaired) electrons. The number of hydrogen-bond donors (Lipinski definition) is 1. The molecule has 1 N–H and O–H groups in total. The number of aromatic nitrogens is 1. The van der Waals surface area contributed by atoms with E-state index < -0.39 is 18.2 Å². The molecule has 1 aromatic rings. The predicted molar refractivity (Wildman–Crippen MR) is 60.1 cm³/mol. The second-order valence-corrected chi connectivity index (χ2v) is 4.35. The van der Waals surface area contributed by atoms with Crippen LogP contribution in [-0.4, -0.2) is 41.5 Å². The maximum atomic E-state index is 11.7. The summed E-state index contributed by atoms with van der Waals surface area (Å²) in [6.45, 7) is 0.431. The zero-order chi connectivity index (χ0) is 13.3. The number of ether oxygens (including phenoxy) is 4. The van der Waals surface area contributed by atoms with Crippen molar-refractivity contribution in [2.24, 2.45) is 5.92 Å². The van der Waals surface area contributed by atoms with E-state index in [1.165, 1.54) is 12.3 Å². The van der Waals surface area contributed by atoms with Crippen LogP contribution >= 0.6 is 0 Å². The van der Waals surface area contributed by atoms with E-state index in [-0.39, 0.29) is 18.4 Å². The standard InChI is InChI=1S/C12H13NO6/c14-9-7-17-12(8(9)4-6-16-12)19-11(15)18-10-3-1-2-5-13-10/h1-3,5,8-9,14H,4,6-7H2. The molecule has 7 heteroatoms. The molecular weight excluding hydrogens is 254 g/mol. The molecule has 2 saturated heterocycles. The number of rotatable bonds is 2. The van der Waals surface area contributed by atoms with Crippen LogP contribution in [0.1, 0.15) is 6.42 Å². The summed E-state index contributed by atoms with van der Waals surface area (Å²) < 4.78 is 20.6. The fourth-order valence-corrected chi connectivity index (χ4v) is 2.27. The van der Waals surface area contributed by atoms with Gasteiger partial charge in [0.05, 0.1) is 25.2 Å². The van der Waals surface area contributed by atoms with Crippen LogP contribution in [0.2, 0.25) is 0 Å². The molecule has 2 aliphatic rings. The van der Waals surface area contributed by atoms with E-state index in [9.17, 15) is 9.90 Å². The molecule has 102 valence electrons. The Morgan fingerprint density at radius 2 is 2.37 bits per heavy atom. The Morgan fingerprint density at radius 1 is 1.47 bits per heavy atom. The lowest BCUT2D eigenvalue weighted by atomic mass is 10.0. The first-order chi connectivity index (χ1) is 9.20. The number of aliphatic hydroxyl groups excluding tert-OH is 1. The third-order valence-corrected chi connectivity index (χ3v) is 3.16. The number of fused-ring (bicyclic) bond motifs is 1. The molecule has 3 atom stereocenters. The van der Waals surface area contributed by atoms with Crippen LogP contribution in [0.3, 0.4) is 0 Å². The van der Waals surface area contributed by atoms with Crippen LogP contribution < -0.4 is 4.74 Å². The van der Waals surface area contributed by atoms with Gasteiger partial charge < -0.3 is 24.1 Å². The molecule has 3 unspecified atom stereocenters. The molecule has 0 aromatic carbocycles. The fraction of sp³-hybridized carbons (Fsp3) is 0.500. The molecule has 0 aliphatic carbocycles. The minimum absolute atomic E-state index is 0.0710. The van der Waals surface area contributed by atoms with Crippen molar-refractivity contribution in [3.8, 4) is 5.88 Å². The Bertz CT molecular complexity index is 467. The molecule has 2 fully saturated rings. The van der Waals surface area contributed by atoms with Crippen molar-refractivity contribution in [3.05, 3.63) is 24.4 Å². The van der Waals surface area contributed by atoms with Crippen LogP contribution in [0, 0.1) is 5.92 Å². The van der Waals surface area contributed by atoms with Gasteiger partial charge in [0.25, 0.3) is 0 Å². The maximum absolute atomic E-state index is 11.7. The number of carbonyl (C=O) groups is 1. The van der Waals surface area contributed by atoms with E-state index in [0.29, 0.717) is 13.0 Å². The number of pyridine rings is 1.